The predicted molar refractivity (Wildman–Crippen MR) is 70.3 cm³/mol. The second-order valence-electron chi connectivity index (χ2n) is 3.57. The van der Waals surface area contributed by atoms with Crippen LogP contribution >= 0.6 is 23.1 Å². The summed E-state index contributed by atoms with van der Waals surface area (Å²) < 4.78 is 0. The van der Waals surface area contributed by atoms with Gasteiger partial charge in [-0.2, -0.15) is 0 Å². The van der Waals surface area contributed by atoms with Gasteiger partial charge in [0.15, 0.2) is 0 Å². The number of nitrogens with one attached hydrogen (secondary N) is 1. The normalized spacial score (nSPS) is 15.7. The molecule has 1 aromatic heterocycles. The van der Waals surface area contributed by atoms with Crippen LogP contribution in [0.3, 0.4) is 0 Å². The first kappa shape index (κ1) is 11.2. The van der Waals surface area contributed by atoms with E-state index in [0.717, 1.165) is 13.1 Å². The van der Waals surface area contributed by atoms with Gasteiger partial charge in [-0.15, -0.1) is 23.1 Å². The second kappa shape index (κ2) is 5.14. The Balaban J connectivity index is 2.33. The molecule has 1 aromatic rings. The number of aryl methyl sites for hydroxylation is 1. The molecule has 0 fully saturated rings. The van der Waals surface area contributed by atoms with E-state index in [1.165, 1.54) is 33.2 Å². The number of thioether (sulfide) groups is 1. The highest BCUT2D eigenvalue weighted by atomic mass is 32.2. The molecule has 0 atom stereocenters. The number of rotatable bonds is 2. The van der Waals surface area contributed by atoms with Gasteiger partial charge in [-0.1, -0.05) is 0 Å². The molecule has 0 radical (unpaired) electrons. The summed E-state index contributed by atoms with van der Waals surface area (Å²) in [6.45, 7) is 1.96. The lowest BCUT2D eigenvalue weighted by molar-refractivity contribution is 0.831. The lowest BCUT2D eigenvalue weighted by atomic mass is 10.2. The van der Waals surface area contributed by atoms with Gasteiger partial charge in [0, 0.05) is 28.4 Å². The maximum atomic E-state index is 4.62. The molecule has 0 aliphatic carbocycles. The monoisotopic (exact) mass is 240 g/mol. The van der Waals surface area contributed by atoms with Gasteiger partial charge in [0.2, 0.25) is 0 Å². The van der Waals surface area contributed by atoms with Crippen LogP contribution in [0.25, 0.3) is 0 Å². The van der Waals surface area contributed by atoms with Crippen LogP contribution in [0.1, 0.15) is 21.7 Å². The Morgan fingerprint density at radius 1 is 1.60 bits per heavy atom. The first-order valence-electron chi connectivity index (χ1n) is 5.20. The smallest absolute Gasteiger partial charge is 0.0985 e. The molecule has 0 spiro atoms. The number of aliphatic imine (C=N–C) groups is 1. The molecule has 4 heteroatoms. The molecule has 1 aliphatic heterocycles. The minimum atomic E-state index is 0.972. The summed E-state index contributed by atoms with van der Waals surface area (Å²) in [5.74, 6) is 0. The summed E-state index contributed by atoms with van der Waals surface area (Å²) in [4.78, 5) is 7.56. The van der Waals surface area contributed by atoms with Crippen molar-refractivity contribution in [1.29, 1.82) is 0 Å². The van der Waals surface area contributed by atoms with Crippen molar-refractivity contribution in [1.82, 2.24) is 5.32 Å². The van der Waals surface area contributed by atoms with Crippen LogP contribution in [0, 0.1) is 0 Å². The summed E-state index contributed by atoms with van der Waals surface area (Å²) >= 11 is 3.71. The summed E-state index contributed by atoms with van der Waals surface area (Å²) in [7, 11) is 1.99. The summed E-state index contributed by atoms with van der Waals surface area (Å²) in [6.07, 6.45) is 4.50. The molecule has 2 heterocycles. The lowest BCUT2D eigenvalue weighted by Gasteiger charge is -1.99. The third-order valence-electron chi connectivity index (χ3n) is 2.45. The molecule has 2 nitrogen and oxygen atoms in total. The SMILES string of the molecule is CNCc1cc2c(s1)CCCN=C2SC. The number of thiophene rings is 1. The Kier molecular flexibility index (Phi) is 3.83. The molecule has 0 amide bonds. The molecular weight excluding hydrogens is 224 g/mol. The van der Waals surface area contributed by atoms with Crippen LogP contribution < -0.4 is 5.32 Å². The molecule has 0 saturated heterocycles. The molecule has 1 N–H and O–H groups in total. The maximum absolute atomic E-state index is 4.62. The van der Waals surface area contributed by atoms with Crippen LogP contribution in [-0.4, -0.2) is 24.9 Å². The first-order valence-corrected chi connectivity index (χ1v) is 7.24. The van der Waals surface area contributed by atoms with Gasteiger partial charge in [-0.05, 0) is 32.2 Å². The van der Waals surface area contributed by atoms with E-state index < -0.39 is 0 Å². The van der Waals surface area contributed by atoms with Gasteiger partial charge in [-0.25, -0.2) is 0 Å². The quantitative estimate of drug-likeness (QED) is 0.859. The highest BCUT2D eigenvalue weighted by molar-refractivity contribution is 8.13. The zero-order valence-electron chi connectivity index (χ0n) is 9.17. The Hall–Kier alpha value is -0.320. The van der Waals surface area contributed by atoms with Crippen molar-refractivity contribution in [2.75, 3.05) is 19.8 Å². The van der Waals surface area contributed by atoms with Crippen molar-refractivity contribution in [3.63, 3.8) is 0 Å². The Morgan fingerprint density at radius 2 is 2.47 bits per heavy atom. The molecule has 15 heavy (non-hydrogen) atoms. The first-order chi connectivity index (χ1) is 7.35. The minimum absolute atomic E-state index is 0.972. The van der Waals surface area contributed by atoms with Gasteiger partial charge in [0.1, 0.15) is 0 Å². The third-order valence-corrected chi connectivity index (χ3v) is 4.38. The van der Waals surface area contributed by atoms with E-state index in [-0.39, 0.29) is 0 Å². The van der Waals surface area contributed by atoms with Gasteiger partial charge in [0.25, 0.3) is 0 Å². The Bertz CT molecular complexity index is 369. The molecule has 0 saturated carbocycles. The summed E-state index contributed by atoms with van der Waals surface area (Å²) in [6, 6.07) is 2.30. The number of fused-ring (bicyclic) bond motifs is 1. The fourth-order valence-electron chi connectivity index (χ4n) is 1.79. The van der Waals surface area contributed by atoms with Crippen LogP contribution in [0.4, 0.5) is 0 Å². The Labute approximate surface area is 99.2 Å². The topological polar surface area (TPSA) is 24.4 Å². The minimum Gasteiger partial charge on any atom is -0.315 e. The van der Waals surface area contributed by atoms with E-state index in [4.69, 9.17) is 0 Å². The molecule has 2 rings (SSSR count). The van der Waals surface area contributed by atoms with Gasteiger partial charge in [0.05, 0.1) is 5.04 Å². The zero-order chi connectivity index (χ0) is 10.7. The Morgan fingerprint density at radius 3 is 3.20 bits per heavy atom. The fraction of sp³-hybridized carbons (Fsp3) is 0.545. The van der Waals surface area contributed by atoms with Gasteiger partial charge < -0.3 is 5.32 Å². The van der Waals surface area contributed by atoms with Crippen LogP contribution in [0.15, 0.2) is 11.1 Å². The van der Waals surface area contributed by atoms with E-state index in [9.17, 15) is 0 Å². The number of nitrogens with zero attached hydrogens (tertiary/aromatic N) is 1. The average molecular weight is 240 g/mol. The largest absolute Gasteiger partial charge is 0.315 e. The van der Waals surface area contributed by atoms with Gasteiger partial charge >= 0.3 is 0 Å². The molecule has 0 bridgehead atoms. The molecule has 0 aromatic carbocycles. The fourth-order valence-corrected chi connectivity index (χ4v) is 3.70. The van der Waals surface area contributed by atoms with Crippen molar-refractivity contribution in [3.8, 4) is 0 Å². The number of hydrogen-bond donors (Lipinski definition) is 1. The zero-order valence-corrected chi connectivity index (χ0v) is 10.8. The molecular formula is C11H16N2S2. The highest BCUT2D eigenvalue weighted by Crippen LogP contribution is 2.29. The predicted octanol–water partition coefficient (Wildman–Crippen LogP) is 2.52. The van der Waals surface area contributed by atoms with E-state index in [0.29, 0.717) is 0 Å². The van der Waals surface area contributed by atoms with E-state index >= 15 is 0 Å². The van der Waals surface area contributed by atoms with Gasteiger partial charge in [-0.3, -0.25) is 4.99 Å². The van der Waals surface area contributed by atoms with Crippen LogP contribution in [0.2, 0.25) is 0 Å². The van der Waals surface area contributed by atoms with Crippen molar-refractivity contribution >= 4 is 28.1 Å². The molecule has 1 aliphatic rings. The van der Waals surface area contributed by atoms with Crippen molar-refractivity contribution in [2.24, 2.45) is 4.99 Å². The molecule has 0 unspecified atom stereocenters. The standard InChI is InChI=1S/C11H16N2S2/c1-12-7-8-6-9-10(15-8)4-3-5-13-11(9)14-2/h6,12H,3-5,7H2,1-2H3. The summed E-state index contributed by atoms with van der Waals surface area (Å²) in [5, 5.41) is 4.43. The van der Waals surface area contributed by atoms with Crippen molar-refractivity contribution < 1.29 is 0 Å². The second-order valence-corrected chi connectivity index (χ2v) is 5.59. The van der Waals surface area contributed by atoms with E-state index in [1.54, 1.807) is 11.8 Å². The van der Waals surface area contributed by atoms with E-state index in [2.05, 4.69) is 22.6 Å². The number of hydrogen-bond acceptors (Lipinski definition) is 4. The summed E-state index contributed by atoms with van der Waals surface area (Å²) in [5.41, 5.74) is 1.38. The third kappa shape index (κ3) is 2.44. The highest BCUT2D eigenvalue weighted by Gasteiger charge is 2.15. The molecule has 82 valence electrons. The lowest BCUT2D eigenvalue weighted by Crippen LogP contribution is -2.03. The van der Waals surface area contributed by atoms with Crippen LogP contribution in [0.5, 0.6) is 0 Å². The maximum Gasteiger partial charge on any atom is 0.0985 e. The van der Waals surface area contributed by atoms with Crippen molar-refractivity contribution in [2.45, 2.75) is 19.4 Å². The van der Waals surface area contributed by atoms with Crippen LogP contribution in [-0.2, 0) is 13.0 Å². The van der Waals surface area contributed by atoms with E-state index in [1.807, 2.05) is 18.4 Å². The average Bonchev–Trinajstić information content (AvgIpc) is 2.53. The van der Waals surface area contributed by atoms with Crippen molar-refractivity contribution in [3.05, 3.63) is 21.4 Å².